The molecule has 27 heavy (non-hydrogen) atoms. The number of amides is 3. The van der Waals surface area contributed by atoms with Crippen LogP contribution in [-0.4, -0.2) is 34.9 Å². The number of urea groups is 1. The quantitative estimate of drug-likeness (QED) is 0.661. The van der Waals surface area contributed by atoms with Crippen LogP contribution in [0.1, 0.15) is 38.2 Å². The van der Waals surface area contributed by atoms with E-state index in [0.29, 0.717) is 46.5 Å². The third-order valence-electron chi connectivity index (χ3n) is 3.50. The summed E-state index contributed by atoms with van der Waals surface area (Å²) in [7, 11) is 0. The zero-order chi connectivity index (χ0) is 20.0. The first-order valence-electron chi connectivity index (χ1n) is 8.83. The van der Waals surface area contributed by atoms with Crippen molar-refractivity contribution in [2.45, 2.75) is 27.7 Å². The number of aromatic nitrogens is 1. The van der Waals surface area contributed by atoms with Gasteiger partial charge in [0.1, 0.15) is 5.69 Å². The van der Waals surface area contributed by atoms with Gasteiger partial charge in [-0.25, -0.2) is 9.78 Å². The number of hydrogen-bond acceptors (Lipinski definition) is 4. The lowest BCUT2D eigenvalue weighted by Crippen LogP contribution is -2.37. The van der Waals surface area contributed by atoms with E-state index in [4.69, 9.17) is 11.6 Å². The average molecular weight is 409 g/mol. The Kier molecular flexibility index (Phi) is 7.62. The zero-order valence-electron chi connectivity index (χ0n) is 16.0. The van der Waals surface area contributed by atoms with E-state index in [1.807, 2.05) is 4.90 Å². The molecule has 2 N–H and O–H groups in total. The van der Waals surface area contributed by atoms with Crippen molar-refractivity contribution < 1.29 is 9.59 Å². The number of thiazole rings is 1. The van der Waals surface area contributed by atoms with Gasteiger partial charge >= 0.3 is 6.03 Å². The van der Waals surface area contributed by atoms with Crippen LogP contribution >= 0.6 is 22.9 Å². The number of hydrogen-bond donors (Lipinski definition) is 2. The standard InChI is InChI=1S/C19H25ClN4O2S/c1-12(2)9-24(10-13(3)4)17(25)16-11-27-19(22-16)23-18(26)21-15-7-5-14(20)6-8-15/h5-8,11-13H,9-10H2,1-4H3,(H2,21,22,23,26). The number of carbonyl (C=O) groups is 2. The van der Waals surface area contributed by atoms with E-state index in [1.165, 1.54) is 11.3 Å². The van der Waals surface area contributed by atoms with Crippen LogP contribution in [0.2, 0.25) is 5.02 Å². The number of halogens is 1. The van der Waals surface area contributed by atoms with E-state index >= 15 is 0 Å². The van der Waals surface area contributed by atoms with Crippen LogP contribution in [0.3, 0.4) is 0 Å². The van der Waals surface area contributed by atoms with Crippen LogP contribution in [0.5, 0.6) is 0 Å². The van der Waals surface area contributed by atoms with Crippen LogP contribution in [-0.2, 0) is 0 Å². The molecule has 0 aliphatic heterocycles. The molecular formula is C19H25ClN4O2S. The smallest absolute Gasteiger partial charge is 0.325 e. The second-order valence-electron chi connectivity index (χ2n) is 7.12. The summed E-state index contributed by atoms with van der Waals surface area (Å²) in [6, 6.07) is 6.36. The van der Waals surface area contributed by atoms with Gasteiger partial charge in [0, 0.05) is 29.2 Å². The summed E-state index contributed by atoms with van der Waals surface area (Å²) in [6.07, 6.45) is 0. The highest BCUT2D eigenvalue weighted by atomic mass is 35.5. The first-order valence-corrected chi connectivity index (χ1v) is 10.1. The number of carbonyl (C=O) groups excluding carboxylic acids is 2. The van der Waals surface area contributed by atoms with Crippen molar-refractivity contribution in [2.24, 2.45) is 11.8 Å². The molecule has 0 fully saturated rings. The number of benzene rings is 1. The number of nitrogens with one attached hydrogen (secondary N) is 2. The average Bonchev–Trinajstić information content (AvgIpc) is 3.03. The lowest BCUT2D eigenvalue weighted by Gasteiger charge is -2.25. The number of nitrogens with zero attached hydrogens (tertiary/aromatic N) is 2. The Morgan fingerprint density at radius 3 is 2.22 bits per heavy atom. The van der Waals surface area contributed by atoms with Gasteiger partial charge in [-0.15, -0.1) is 11.3 Å². The van der Waals surface area contributed by atoms with Gasteiger partial charge in [-0.2, -0.15) is 0 Å². The molecule has 0 radical (unpaired) electrons. The fourth-order valence-electron chi connectivity index (χ4n) is 2.51. The lowest BCUT2D eigenvalue weighted by atomic mass is 10.1. The molecule has 2 rings (SSSR count). The highest BCUT2D eigenvalue weighted by Gasteiger charge is 2.21. The molecular weight excluding hydrogens is 384 g/mol. The summed E-state index contributed by atoms with van der Waals surface area (Å²) in [5.74, 6) is 0.628. The molecule has 0 saturated heterocycles. The monoisotopic (exact) mass is 408 g/mol. The molecule has 8 heteroatoms. The second kappa shape index (κ2) is 9.71. The van der Waals surface area contributed by atoms with Gasteiger partial charge in [0.2, 0.25) is 0 Å². The summed E-state index contributed by atoms with van der Waals surface area (Å²) in [5.41, 5.74) is 0.966. The van der Waals surface area contributed by atoms with Gasteiger partial charge in [0.15, 0.2) is 5.13 Å². The maximum atomic E-state index is 12.8. The minimum Gasteiger partial charge on any atom is -0.337 e. The molecule has 0 saturated carbocycles. The maximum Gasteiger partial charge on any atom is 0.325 e. The summed E-state index contributed by atoms with van der Waals surface area (Å²) in [6.45, 7) is 9.67. The molecule has 1 aromatic heterocycles. The molecule has 0 aliphatic rings. The first kappa shape index (κ1) is 21.2. The normalized spacial score (nSPS) is 10.9. The summed E-state index contributed by atoms with van der Waals surface area (Å²) in [5, 5.41) is 7.99. The molecule has 0 spiro atoms. The van der Waals surface area contributed by atoms with Crippen molar-refractivity contribution in [3.8, 4) is 0 Å². The number of rotatable bonds is 7. The number of anilines is 2. The minimum absolute atomic E-state index is 0.111. The van der Waals surface area contributed by atoms with Gasteiger partial charge in [-0.1, -0.05) is 39.3 Å². The molecule has 0 aliphatic carbocycles. The summed E-state index contributed by atoms with van der Waals surface area (Å²) >= 11 is 7.05. The summed E-state index contributed by atoms with van der Waals surface area (Å²) < 4.78 is 0. The SMILES string of the molecule is CC(C)CN(CC(C)C)C(=O)c1csc(NC(=O)Nc2ccc(Cl)cc2)n1. The van der Waals surface area contributed by atoms with Crippen LogP contribution in [0.15, 0.2) is 29.6 Å². The molecule has 6 nitrogen and oxygen atoms in total. The van der Waals surface area contributed by atoms with Gasteiger partial charge < -0.3 is 10.2 Å². The van der Waals surface area contributed by atoms with Crippen LogP contribution in [0, 0.1) is 11.8 Å². The Balaban J connectivity index is 2.00. The van der Waals surface area contributed by atoms with Crippen molar-refractivity contribution in [3.05, 3.63) is 40.4 Å². The van der Waals surface area contributed by atoms with E-state index < -0.39 is 6.03 Å². The van der Waals surface area contributed by atoms with Crippen molar-refractivity contribution in [2.75, 3.05) is 23.7 Å². The van der Waals surface area contributed by atoms with E-state index in [0.717, 1.165) is 0 Å². The lowest BCUT2D eigenvalue weighted by molar-refractivity contribution is 0.0710. The molecule has 1 heterocycles. The van der Waals surface area contributed by atoms with Crippen molar-refractivity contribution in [1.82, 2.24) is 9.88 Å². The molecule has 0 atom stereocenters. The molecule has 3 amide bonds. The first-order chi connectivity index (χ1) is 12.7. The molecule has 2 aromatic rings. The van der Waals surface area contributed by atoms with Gasteiger partial charge in [0.05, 0.1) is 0 Å². The third-order valence-corrected chi connectivity index (χ3v) is 4.51. The Labute approximate surface area is 168 Å². The van der Waals surface area contributed by atoms with Crippen molar-refractivity contribution >= 4 is 45.7 Å². The van der Waals surface area contributed by atoms with Gasteiger partial charge in [0.25, 0.3) is 5.91 Å². The molecule has 0 unspecified atom stereocenters. The molecule has 1 aromatic carbocycles. The van der Waals surface area contributed by atoms with Crippen LogP contribution in [0.25, 0.3) is 0 Å². The third kappa shape index (κ3) is 6.84. The summed E-state index contributed by atoms with van der Waals surface area (Å²) in [4.78, 5) is 31.0. The topological polar surface area (TPSA) is 74.3 Å². The maximum absolute atomic E-state index is 12.8. The Morgan fingerprint density at radius 1 is 1.07 bits per heavy atom. The van der Waals surface area contributed by atoms with Gasteiger partial charge in [-0.3, -0.25) is 10.1 Å². The fraction of sp³-hybridized carbons (Fsp3) is 0.421. The van der Waals surface area contributed by atoms with Crippen LogP contribution in [0.4, 0.5) is 15.6 Å². The Hall–Kier alpha value is -2.12. The van der Waals surface area contributed by atoms with Crippen molar-refractivity contribution in [1.29, 1.82) is 0 Å². The van der Waals surface area contributed by atoms with Crippen molar-refractivity contribution in [3.63, 3.8) is 0 Å². The minimum atomic E-state index is -0.424. The largest absolute Gasteiger partial charge is 0.337 e. The fourth-order valence-corrected chi connectivity index (χ4v) is 3.31. The van der Waals surface area contributed by atoms with Gasteiger partial charge in [-0.05, 0) is 36.1 Å². The Bertz CT molecular complexity index is 764. The van der Waals surface area contributed by atoms with Crippen LogP contribution < -0.4 is 10.6 Å². The van der Waals surface area contributed by atoms with E-state index in [2.05, 4.69) is 43.3 Å². The highest BCUT2D eigenvalue weighted by Crippen LogP contribution is 2.19. The second-order valence-corrected chi connectivity index (χ2v) is 8.42. The van der Waals surface area contributed by atoms with E-state index in [9.17, 15) is 9.59 Å². The zero-order valence-corrected chi connectivity index (χ0v) is 17.5. The molecule has 146 valence electrons. The Morgan fingerprint density at radius 2 is 1.67 bits per heavy atom. The predicted octanol–water partition coefficient (Wildman–Crippen LogP) is 5.19. The van der Waals surface area contributed by atoms with E-state index in [-0.39, 0.29) is 5.91 Å². The predicted molar refractivity (Wildman–Crippen MR) is 112 cm³/mol. The van der Waals surface area contributed by atoms with E-state index in [1.54, 1.807) is 29.6 Å². The highest BCUT2D eigenvalue weighted by molar-refractivity contribution is 7.14. The molecule has 0 bridgehead atoms.